The third-order valence-electron chi connectivity index (χ3n) is 6.62. The van der Waals surface area contributed by atoms with Gasteiger partial charge in [0, 0.05) is 17.8 Å². The van der Waals surface area contributed by atoms with Gasteiger partial charge in [0.25, 0.3) is 0 Å². The molecule has 0 aromatic carbocycles. The van der Waals surface area contributed by atoms with E-state index in [0.29, 0.717) is 18.4 Å². The van der Waals surface area contributed by atoms with E-state index in [1.807, 2.05) is 6.92 Å². The molecule has 6 nitrogen and oxygen atoms in total. The zero-order valence-corrected chi connectivity index (χ0v) is 14.7. The molecule has 136 valence electrons. The van der Waals surface area contributed by atoms with Crippen molar-refractivity contribution in [2.24, 2.45) is 35.5 Å². The Morgan fingerprint density at radius 1 is 1.04 bits per heavy atom. The highest BCUT2D eigenvalue weighted by Gasteiger charge is 2.72. The first-order chi connectivity index (χ1) is 12.0. The molecular weight excluding hydrogens is 324 g/mol. The maximum atomic E-state index is 12.6. The zero-order valence-electron chi connectivity index (χ0n) is 14.7. The number of hydrogen-bond acceptors (Lipinski definition) is 5. The van der Waals surface area contributed by atoms with Gasteiger partial charge in [-0.3, -0.25) is 4.79 Å². The van der Waals surface area contributed by atoms with Gasteiger partial charge in [-0.05, 0) is 18.3 Å². The number of carboxylic acid groups (broad SMARTS) is 1. The summed E-state index contributed by atoms with van der Waals surface area (Å²) in [4.78, 5) is 23.5. The van der Waals surface area contributed by atoms with E-state index in [0.717, 1.165) is 6.42 Å². The largest absolute Gasteiger partial charge is 0.472 e. The molecule has 0 amide bonds. The first kappa shape index (κ1) is 16.9. The first-order valence-corrected chi connectivity index (χ1v) is 9.17. The average molecular weight is 348 g/mol. The molecule has 0 aromatic rings. The van der Waals surface area contributed by atoms with Crippen LogP contribution in [0.1, 0.15) is 27.2 Å². The van der Waals surface area contributed by atoms with Gasteiger partial charge in [-0.1, -0.05) is 26.7 Å². The minimum Gasteiger partial charge on any atom is -0.472 e. The second-order valence-electron chi connectivity index (χ2n) is 7.80. The summed E-state index contributed by atoms with van der Waals surface area (Å²) in [5, 5.41) is 8.92. The molecule has 0 radical (unpaired) electrons. The Kier molecular flexibility index (Phi) is 4.04. The van der Waals surface area contributed by atoms with Crippen LogP contribution in [0, 0.1) is 47.3 Å². The van der Waals surface area contributed by atoms with Crippen molar-refractivity contribution in [3.8, 4) is 11.8 Å². The summed E-state index contributed by atoms with van der Waals surface area (Å²) in [5.41, 5.74) is 0. The van der Waals surface area contributed by atoms with Gasteiger partial charge in [-0.15, -0.1) is 0 Å². The van der Waals surface area contributed by atoms with E-state index in [1.54, 1.807) is 0 Å². The van der Waals surface area contributed by atoms with Gasteiger partial charge >= 0.3 is 11.9 Å². The number of hydrogen-bond donors (Lipinski definition) is 1. The van der Waals surface area contributed by atoms with E-state index in [4.69, 9.17) is 19.3 Å². The minimum absolute atomic E-state index is 0.106. The molecule has 0 aromatic heterocycles. The molecule has 4 aliphatic heterocycles. The van der Waals surface area contributed by atoms with Gasteiger partial charge in [0.15, 0.2) is 0 Å². The lowest BCUT2D eigenvalue weighted by atomic mass is 9.59. The van der Waals surface area contributed by atoms with Crippen molar-refractivity contribution in [2.75, 3.05) is 6.61 Å². The molecule has 4 saturated heterocycles. The number of fused-ring (bicyclic) bond motifs is 9. The van der Waals surface area contributed by atoms with Crippen LogP contribution in [0.3, 0.4) is 0 Å². The zero-order chi connectivity index (χ0) is 17.9. The highest BCUT2D eigenvalue weighted by molar-refractivity contribution is 5.86. The molecule has 6 heteroatoms. The lowest BCUT2D eigenvalue weighted by Crippen LogP contribution is -2.51. The normalized spacial score (nSPS) is 48.8. The number of carbonyl (C=O) groups excluding carboxylic acids is 1. The molecular formula is C19H24O6. The van der Waals surface area contributed by atoms with Gasteiger partial charge in [-0.2, -0.15) is 0 Å². The van der Waals surface area contributed by atoms with Gasteiger partial charge < -0.3 is 19.3 Å². The summed E-state index contributed by atoms with van der Waals surface area (Å²) < 4.78 is 17.8. The highest BCUT2D eigenvalue weighted by Crippen LogP contribution is 2.63. The van der Waals surface area contributed by atoms with Gasteiger partial charge in [-0.25, -0.2) is 4.79 Å². The number of aliphatic carboxylic acids is 1. The third-order valence-corrected chi connectivity index (χ3v) is 6.62. The predicted molar refractivity (Wildman–Crippen MR) is 86.3 cm³/mol. The minimum atomic E-state index is -1.19. The molecule has 4 fully saturated rings. The smallest absolute Gasteiger partial charge is 0.381 e. The molecule has 10 atom stereocenters. The number of ether oxygens (including phenoxy) is 3. The molecule has 4 rings (SSSR count). The molecule has 0 saturated carbocycles. The van der Waals surface area contributed by atoms with Crippen LogP contribution < -0.4 is 0 Å². The first-order valence-electron chi connectivity index (χ1n) is 9.17. The molecule has 4 bridgehead atoms. The SMILES string of the molecule is CCCOC(=O)C1C(C#CC(=O)O)C2OC1C1C3OC(C(C)C3C)C21. The molecule has 4 aliphatic rings. The van der Waals surface area contributed by atoms with Crippen molar-refractivity contribution < 1.29 is 28.9 Å². The van der Waals surface area contributed by atoms with Crippen molar-refractivity contribution in [2.45, 2.75) is 51.6 Å². The number of carbonyl (C=O) groups is 2. The summed E-state index contributed by atoms with van der Waals surface area (Å²) in [5.74, 6) is 3.78. The summed E-state index contributed by atoms with van der Waals surface area (Å²) in [6, 6.07) is 0. The molecule has 1 N–H and O–H groups in total. The second kappa shape index (κ2) is 6.00. The maximum Gasteiger partial charge on any atom is 0.381 e. The second-order valence-corrected chi connectivity index (χ2v) is 7.80. The fourth-order valence-electron chi connectivity index (χ4n) is 5.48. The Labute approximate surface area is 147 Å². The van der Waals surface area contributed by atoms with Crippen LogP contribution in [0.4, 0.5) is 0 Å². The summed E-state index contributed by atoms with van der Waals surface area (Å²) >= 11 is 0. The Morgan fingerprint density at radius 2 is 1.64 bits per heavy atom. The molecule has 25 heavy (non-hydrogen) atoms. The maximum absolute atomic E-state index is 12.6. The predicted octanol–water partition coefficient (Wildman–Crippen LogP) is 1.33. The monoisotopic (exact) mass is 348 g/mol. The lowest BCUT2D eigenvalue weighted by Gasteiger charge is -2.39. The van der Waals surface area contributed by atoms with E-state index in [1.165, 1.54) is 0 Å². The Bertz CT molecular complexity index is 648. The van der Waals surface area contributed by atoms with E-state index in [9.17, 15) is 9.59 Å². The average Bonchev–Trinajstić information content (AvgIpc) is 3.29. The van der Waals surface area contributed by atoms with E-state index in [-0.39, 0.29) is 42.2 Å². The van der Waals surface area contributed by atoms with Gasteiger partial charge in [0.05, 0.1) is 42.9 Å². The van der Waals surface area contributed by atoms with Crippen molar-refractivity contribution >= 4 is 11.9 Å². The van der Waals surface area contributed by atoms with Crippen LogP contribution in [-0.2, 0) is 23.8 Å². The summed E-state index contributed by atoms with van der Waals surface area (Å²) in [7, 11) is 0. The lowest BCUT2D eigenvalue weighted by molar-refractivity contribution is -0.152. The van der Waals surface area contributed by atoms with Crippen LogP contribution in [0.25, 0.3) is 0 Å². The van der Waals surface area contributed by atoms with Crippen LogP contribution in [-0.4, -0.2) is 48.1 Å². The number of rotatable bonds is 3. The van der Waals surface area contributed by atoms with E-state index >= 15 is 0 Å². The Hall–Kier alpha value is -1.58. The van der Waals surface area contributed by atoms with E-state index in [2.05, 4.69) is 25.7 Å². The molecule has 4 heterocycles. The van der Waals surface area contributed by atoms with Crippen molar-refractivity contribution in [3.63, 3.8) is 0 Å². The quantitative estimate of drug-likeness (QED) is 0.612. The topological polar surface area (TPSA) is 82.1 Å². The van der Waals surface area contributed by atoms with E-state index < -0.39 is 17.8 Å². The number of esters is 1. The van der Waals surface area contributed by atoms with Crippen LogP contribution in [0.15, 0.2) is 0 Å². The number of carboxylic acids is 1. The van der Waals surface area contributed by atoms with Crippen molar-refractivity contribution in [3.05, 3.63) is 0 Å². The van der Waals surface area contributed by atoms with Gasteiger partial charge in [0.2, 0.25) is 0 Å². The molecule has 0 aliphatic carbocycles. The third kappa shape index (κ3) is 2.32. The van der Waals surface area contributed by atoms with Crippen LogP contribution in [0.2, 0.25) is 0 Å². The molecule has 10 unspecified atom stereocenters. The summed E-state index contributed by atoms with van der Waals surface area (Å²) in [6.45, 7) is 6.69. The van der Waals surface area contributed by atoms with Crippen LogP contribution in [0.5, 0.6) is 0 Å². The highest BCUT2D eigenvalue weighted by atomic mass is 16.6. The summed E-state index contributed by atoms with van der Waals surface area (Å²) in [6.07, 6.45) is 0.438. The fraction of sp³-hybridized carbons (Fsp3) is 0.789. The standard InChI is InChI=1S/C19H24O6/c1-4-7-23-19(22)12-10(5-6-11(20)21)17-13-14(18(12)25-17)16-9(3)8(2)15(13)24-16/h8-10,12-18H,4,7H2,1-3H3,(H,20,21). The van der Waals surface area contributed by atoms with Crippen molar-refractivity contribution in [1.29, 1.82) is 0 Å². The van der Waals surface area contributed by atoms with Crippen LogP contribution >= 0.6 is 0 Å². The Morgan fingerprint density at radius 3 is 2.24 bits per heavy atom. The van der Waals surface area contributed by atoms with Crippen molar-refractivity contribution in [1.82, 2.24) is 0 Å². The fourth-order valence-corrected chi connectivity index (χ4v) is 5.48. The molecule has 0 spiro atoms. The van der Waals surface area contributed by atoms with Gasteiger partial charge in [0.1, 0.15) is 0 Å². The Balaban J connectivity index is 1.65.